The number of nitro benzene ring substituents is 1. The summed E-state index contributed by atoms with van der Waals surface area (Å²) in [5.74, 6) is -0.539. The van der Waals surface area contributed by atoms with Gasteiger partial charge in [0.1, 0.15) is 11.9 Å². The maximum Gasteiger partial charge on any atom is 0.313 e. The Hall–Kier alpha value is -1.69. The van der Waals surface area contributed by atoms with E-state index in [-0.39, 0.29) is 23.6 Å². The zero-order chi connectivity index (χ0) is 12.4. The molecular formula is C11H13FN2O3. The molecule has 1 saturated carbocycles. The van der Waals surface area contributed by atoms with E-state index in [1.54, 1.807) is 0 Å². The lowest BCUT2D eigenvalue weighted by atomic mass is 10.2. The number of nitrogens with two attached hydrogens (primary N) is 1. The van der Waals surface area contributed by atoms with E-state index in [0.717, 1.165) is 25.0 Å². The second kappa shape index (κ2) is 4.67. The van der Waals surface area contributed by atoms with Crippen LogP contribution in [0.2, 0.25) is 0 Å². The summed E-state index contributed by atoms with van der Waals surface area (Å²) in [7, 11) is 0. The first-order valence-electron chi connectivity index (χ1n) is 5.42. The van der Waals surface area contributed by atoms with Crippen molar-refractivity contribution in [3.8, 4) is 5.75 Å². The predicted molar refractivity (Wildman–Crippen MR) is 59.3 cm³/mol. The van der Waals surface area contributed by atoms with E-state index in [2.05, 4.69) is 0 Å². The Kier molecular flexibility index (Phi) is 3.23. The fourth-order valence-electron chi connectivity index (χ4n) is 1.99. The van der Waals surface area contributed by atoms with Gasteiger partial charge in [-0.2, -0.15) is 0 Å². The highest BCUT2D eigenvalue weighted by Gasteiger charge is 2.26. The van der Waals surface area contributed by atoms with Crippen molar-refractivity contribution in [1.82, 2.24) is 0 Å². The molecule has 1 fully saturated rings. The molecule has 0 heterocycles. The molecule has 92 valence electrons. The van der Waals surface area contributed by atoms with E-state index in [4.69, 9.17) is 10.5 Å². The Bertz CT molecular complexity index is 439. The number of nitrogens with zero attached hydrogens (tertiary/aromatic N) is 1. The molecule has 1 aliphatic carbocycles. The average Bonchev–Trinajstić information content (AvgIpc) is 2.66. The van der Waals surface area contributed by atoms with Crippen molar-refractivity contribution in [3.05, 3.63) is 34.1 Å². The summed E-state index contributed by atoms with van der Waals surface area (Å²) in [4.78, 5) is 10.1. The van der Waals surface area contributed by atoms with E-state index >= 15 is 0 Å². The Morgan fingerprint density at radius 1 is 1.47 bits per heavy atom. The normalized spacial score (nSPS) is 23.6. The van der Waals surface area contributed by atoms with Crippen molar-refractivity contribution in [1.29, 1.82) is 0 Å². The summed E-state index contributed by atoms with van der Waals surface area (Å²) in [5.41, 5.74) is 5.38. The van der Waals surface area contributed by atoms with Gasteiger partial charge in [-0.15, -0.1) is 0 Å². The molecular weight excluding hydrogens is 227 g/mol. The van der Waals surface area contributed by atoms with Crippen molar-refractivity contribution < 1.29 is 14.1 Å². The van der Waals surface area contributed by atoms with Crippen LogP contribution in [0.5, 0.6) is 5.75 Å². The van der Waals surface area contributed by atoms with Gasteiger partial charge in [0, 0.05) is 6.04 Å². The zero-order valence-electron chi connectivity index (χ0n) is 9.14. The van der Waals surface area contributed by atoms with Gasteiger partial charge in [0.25, 0.3) is 0 Å². The second-order valence-corrected chi connectivity index (χ2v) is 4.18. The van der Waals surface area contributed by atoms with Gasteiger partial charge in [0.05, 0.1) is 11.0 Å². The molecule has 6 heteroatoms. The number of nitro groups is 1. The van der Waals surface area contributed by atoms with E-state index in [1.807, 2.05) is 0 Å². The summed E-state index contributed by atoms with van der Waals surface area (Å²) in [5, 5.41) is 10.7. The van der Waals surface area contributed by atoms with Gasteiger partial charge in [0.2, 0.25) is 0 Å². The number of benzene rings is 1. The lowest BCUT2D eigenvalue weighted by Gasteiger charge is -2.13. The smallest absolute Gasteiger partial charge is 0.313 e. The van der Waals surface area contributed by atoms with Crippen molar-refractivity contribution in [3.63, 3.8) is 0 Å². The molecule has 0 radical (unpaired) electrons. The molecule has 2 unspecified atom stereocenters. The van der Waals surface area contributed by atoms with Crippen molar-refractivity contribution in [2.24, 2.45) is 5.73 Å². The third-order valence-corrected chi connectivity index (χ3v) is 2.84. The molecule has 1 aromatic carbocycles. The number of rotatable bonds is 3. The minimum absolute atomic E-state index is 0.0829. The topological polar surface area (TPSA) is 78.4 Å². The van der Waals surface area contributed by atoms with Crippen LogP contribution in [-0.2, 0) is 0 Å². The average molecular weight is 240 g/mol. The van der Waals surface area contributed by atoms with Crippen molar-refractivity contribution in [2.45, 2.75) is 31.4 Å². The van der Waals surface area contributed by atoms with Crippen LogP contribution < -0.4 is 10.5 Å². The Morgan fingerprint density at radius 2 is 2.24 bits per heavy atom. The number of ether oxygens (including phenoxy) is 1. The van der Waals surface area contributed by atoms with Crippen molar-refractivity contribution >= 4 is 5.69 Å². The highest BCUT2D eigenvalue weighted by atomic mass is 19.1. The molecule has 1 aromatic rings. The molecule has 0 aromatic heterocycles. The van der Waals surface area contributed by atoms with Gasteiger partial charge in [-0.05, 0) is 31.4 Å². The molecule has 1 aliphatic rings. The highest BCUT2D eigenvalue weighted by Crippen LogP contribution is 2.31. The quantitative estimate of drug-likeness (QED) is 0.647. The third kappa shape index (κ3) is 2.71. The molecule has 0 aliphatic heterocycles. The lowest BCUT2D eigenvalue weighted by Crippen LogP contribution is -2.19. The maximum absolute atomic E-state index is 12.9. The molecule has 2 rings (SSSR count). The van der Waals surface area contributed by atoms with Crippen LogP contribution >= 0.6 is 0 Å². The van der Waals surface area contributed by atoms with E-state index < -0.39 is 10.7 Å². The summed E-state index contributed by atoms with van der Waals surface area (Å²) < 4.78 is 18.4. The van der Waals surface area contributed by atoms with E-state index in [0.29, 0.717) is 6.42 Å². The second-order valence-electron chi connectivity index (χ2n) is 4.18. The first-order valence-corrected chi connectivity index (χ1v) is 5.42. The standard InChI is InChI=1S/C11H13FN2O3/c12-7-1-4-11(10(5-7)14(15)16)17-9-3-2-8(13)6-9/h1,4-5,8-9H,2-3,6,13H2. The molecule has 5 nitrogen and oxygen atoms in total. The third-order valence-electron chi connectivity index (χ3n) is 2.84. The van der Waals surface area contributed by atoms with Crippen LogP contribution in [0.15, 0.2) is 18.2 Å². The van der Waals surface area contributed by atoms with Crippen LogP contribution in [-0.4, -0.2) is 17.1 Å². The molecule has 0 spiro atoms. The maximum atomic E-state index is 12.9. The van der Waals surface area contributed by atoms with Gasteiger partial charge in [-0.1, -0.05) is 0 Å². The highest BCUT2D eigenvalue weighted by molar-refractivity contribution is 5.46. The SMILES string of the molecule is NC1CCC(Oc2ccc(F)cc2[N+](=O)[O-])C1. The summed E-state index contributed by atoms with van der Waals surface area (Å²) in [6.45, 7) is 0. The fraction of sp³-hybridized carbons (Fsp3) is 0.455. The molecule has 0 saturated heterocycles. The number of hydrogen-bond acceptors (Lipinski definition) is 4. The molecule has 0 amide bonds. The van der Waals surface area contributed by atoms with Crippen molar-refractivity contribution in [2.75, 3.05) is 0 Å². The Balaban J connectivity index is 2.17. The first kappa shape index (κ1) is 11.8. The van der Waals surface area contributed by atoms with Crippen LogP contribution in [0.25, 0.3) is 0 Å². The van der Waals surface area contributed by atoms with Gasteiger partial charge < -0.3 is 10.5 Å². The van der Waals surface area contributed by atoms with Crippen LogP contribution in [0, 0.1) is 15.9 Å². The summed E-state index contributed by atoms with van der Waals surface area (Å²) in [6.07, 6.45) is 2.18. The van der Waals surface area contributed by atoms with Crippen LogP contribution in [0.3, 0.4) is 0 Å². The largest absolute Gasteiger partial charge is 0.483 e. The van der Waals surface area contributed by atoms with Gasteiger partial charge >= 0.3 is 5.69 Å². The molecule has 2 N–H and O–H groups in total. The van der Waals surface area contributed by atoms with Crippen LogP contribution in [0.4, 0.5) is 10.1 Å². The molecule has 0 bridgehead atoms. The van der Waals surface area contributed by atoms with Crippen LogP contribution in [0.1, 0.15) is 19.3 Å². The van der Waals surface area contributed by atoms with Gasteiger partial charge in [0.15, 0.2) is 5.75 Å². The number of hydrogen-bond donors (Lipinski definition) is 1. The first-order chi connectivity index (χ1) is 8.06. The predicted octanol–water partition coefficient (Wildman–Crippen LogP) is 1.99. The lowest BCUT2D eigenvalue weighted by molar-refractivity contribution is -0.386. The summed E-state index contributed by atoms with van der Waals surface area (Å²) >= 11 is 0. The molecule has 17 heavy (non-hydrogen) atoms. The Labute approximate surface area is 97.5 Å². The minimum atomic E-state index is -0.646. The van der Waals surface area contributed by atoms with Gasteiger partial charge in [-0.25, -0.2) is 4.39 Å². The minimum Gasteiger partial charge on any atom is -0.483 e. The van der Waals surface area contributed by atoms with E-state index in [1.165, 1.54) is 6.07 Å². The monoisotopic (exact) mass is 240 g/mol. The van der Waals surface area contributed by atoms with Gasteiger partial charge in [-0.3, -0.25) is 10.1 Å². The zero-order valence-corrected chi connectivity index (χ0v) is 9.14. The number of halogens is 1. The molecule has 2 atom stereocenters. The Morgan fingerprint density at radius 3 is 2.82 bits per heavy atom. The van der Waals surface area contributed by atoms with E-state index in [9.17, 15) is 14.5 Å². The fourth-order valence-corrected chi connectivity index (χ4v) is 1.99. The summed E-state index contributed by atoms with van der Waals surface area (Å²) in [6, 6.07) is 3.39.